The minimum Gasteiger partial charge on any atom is -0.394 e. The van der Waals surface area contributed by atoms with E-state index in [2.05, 4.69) is 35.8 Å². The lowest BCUT2D eigenvalue weighted by molar-refractivity contribution is -0.167. The zero-order valence-corrected chi connectivity index (χ0v) is 14.9. The molecule has 2 unspecified atom stereocenters. The zero-order chi connectivity index (χ0) is 17.7. The summed E-state index contributed by atoms with van der Waals surface area (Å²) in [5, 5.41) is 23.2. The fourth-order valence-electron chi connectivity index (χ4n) is 2.30. The van der Waals surface area contributed by atoms with Gasteiger partial charge >= 0.3 is 0 Å². The van der Waals surface area contributed by atoms with Gasteiger partial charge in [0.2, 0.25) is 0 Å². The van der Waals surface area contributed by atoms with E-state index in [0.717, 1.165) is 11.8 Å². The number of azide groups is 1. The summed E-state index contributed by atoms with van der Waals surface area (Å²) in [5.41, 5.74) is 8.02. The Morgan fingerprint density at radius 1 is 1.62 bits per heavy atom. The van der Waals surface area contributed by atoms with Crippen molar-refractivity contribution in [3.8, 4) is 0 Å². The van der Waals surface area contributed by atoms with Gasteiger partial charge in [-0.2, -0.15) is 0 Å². The second-order valence-electron chi connectivity index (χ2n) is 4.82. The molecule has 1 aromatic rings. The summed E-state index contributed by atoms with van der Waals surface area (Å²) in [5.74, 6) is 0.189. The molecule has 1 aliphatic rings. The molecule has 24 heavy (non-hydrogen) atoms. The Bertz CT molecular complexity index is 681. The van der Waals surface area contributed by atoms with Crippen LogP contribution in [0.5, 0.6) is 0 Å². The molecule has 0 saturated carbocycles. The minimum absolute atomic E-state index is 0.189. The molecule has 5 atom stereocenters. The van der Waals surface area contributed by atoms with Gasteiger partial charge in [0.1, 0.15) is 23.8 Å². The van der Waals surface area contributed by atoms with Gasteiger partial charge in [-0.05, 0) is 27.5 Å². The molecule has 2 heterocycles. The number of thioether (sulfide) groups is 1. The molecule has 1 aliphatic heterocycles. The molecule has 0 bridgehead atoms. The van der Waals surface area contributed by atoms with Gasteiger partial charge < -0.3 is 24.5 Å². The molecule has 9 nitrogen and oxygen atoms in total. The van der Waals surface area contributed by atoms with Crippen molar-refractivity contribution in [2.24, 2.45) is 5.11 Å². The van der Waals surface area contributed by atoms with Crippen LogP contribution in [0.25, 0.3) is 15.3 Å². The highest BCUT2D eigenvalue weighted by Gasteiger charge is 2.45. The lowest BCUT2D eigenvalue weighted by Crippen LogP contribution is -2.57. The van der Waals surface area contributed by atoms with Crippen LogP contribution in [-0.4, -0.2) is 58.7 Å². The van der Waals surface area contributed by atoms with Crippen molar-refractivity contribution >= 4 is 33.5 Å². The van der Waals surface area contributed by atoms with Crippen molar-refractivity contribution in [3.63, 3.8) is 0 Å². The fraction of sp³-hybridized carbons (Fsp3) is 0.538. The van der Waals surface area contributed by atoms with Gasteiger partial charge in [0.05, 0.1) is 23.2 Å². The van der Waals surface area contributed by atoms with E-state index >= 15 is 0 Å². The van der Waals surface area contributed by atoms with Gasteiger partial charge in [0.15, 0.2) is 0 Å². The lowest BCUT2D eigenvalue weighted by Gasteiger charge is -2.41. The molecule has 2 N–H and O–H groups in total. The smallest absolute Gasteiger partial charge is 0.283 e. The van der Waals surface area contributed by atoms with Crippen molar-refractivity contribution in [2.45, 2.75) is 34.7 Å². The second-order valence-corrected chi connectivity index (χ2v) is 6.87. The van der Waals surface area contributed by atoms with Gasteiger partial charge in [-0.15, -0.1) is 16.7 Å². The third-order valence-corrected chi connectivity index (χ3v) is 5.03. The molecule has 0 radical (unpaired) electrons. The Labute approximate surface area is 150 Å². The van der Waals surface area contributed by atoms with Gasteiger partial charge in [-0.25, -0.2) is 0 Å². The highest BCUT2D eigenvalue weighted by atomic mass is 79.9. The highest BCUT2D eigenvalue weighted by molar-refractivity contribution is 9.10. The van der Waals surface area contributed by atoms with Crippen molar-refractivity contribution in [1.82, 2.24) is 4.98 Å². The van der Waals surface area contributed by atoms with E-state index in [1.807, 2.05) is 0 Å². The van der Waals surface area contributed by atoms with E-state index in [-0.39, 0.29) is 5.82 Å². The highest BCUT2D eigenvalue weighted by Crippen LogP contribution is 2.39. The maximum Gasteiger partial charge on any atom is 0.283 e. The maximum atomic E-state index is 10.2. The van der Waals surface area contributed by atoms with E-state index in [1.165, 1.54) is 13.3 Å². The molecule has 11 heteroatoms. The SMILES string of the molecule is [C-]#[N+]c1ncc(Br)cc1S[C@H]1OC(CO)[C@H](O)[C@H](N=[N+]=[N-])C1OC. The number of pyridine rings is 1. The Hall–Kier alpha value is -1.38. The van der Waals surface area contributed by atoms with Crippen LogP contribution < -0.4 is 0 Å². The first kappa shape index (κ1) is 19.0. The maximum absolute atomic E-state index is 10.2. The molecule has 0 aromatic carbocycles. The summed E-state index contributed by atoms with van der Waals surface area (Å²) in [6.07, 6.45) is -1.38. The largest absolute Gasteiger partial charge is 0.394 e. The molecule has 1 fully saturated rings. The molecule has 0 spiro atoms. The Morgan fingerprint density at radius 2 is 2.38 bits per heavy atom. The van der Waals surface area contributed by atoms with Crippen molar-refractivity contribution in [2.75, 3.05) is 13.7 Å². The fourth-order valence-corrected chi connectivity index (χ4v) is 4.04. The van der Waals surface area contributed by atoms with Crippen molar-refractivity contribution < 1.29 is 19.7 Å². The average Bonchev–Trinajstić information content (AvgIpc) is 2.58. The van der Waals surface area contributed by atoms with Gasteiger partial charge in [-0.3, -0.25) is 0 Å². The second kappa shape index (κ2) is 8.64. The number of ether oxygens (including phenoxy) is 2. The first-order valence-electron chi connectivity index (χ1n) is 6.76. The van der Waals surface area contributed by atoms with Crippen molar-refractivity contribution in [1.29, 1.82) is 0 Å². The number of nitrogens with zero attached hydrogens (tertiary/aromatic N) is 5. The summed E-state index contributed by atoms with van der Waals surface area (Å²) in [6, 6.07) is 0.780. The molecule has 0 amide bonds. The summed E-state index contributed by atoms with van der Waals surface area (Å²) in [6.45, 7) is 6.75. The monoisotopic (exact) mass is 415 g/mol. The normalized spacial score (nSPS) is 29.5. The van der Waals surface area contributed by atoms with Crippen LogP contribution in [0.2, 0.25) is 0 Å². The first-order valence-corrected chi connectivity index (χ1v) is 8.44. The summed E-state index contributed by atoms with van der Waals surface area (Å²) >= 11 is 4.45. The Kier molecular flexibility index (Phi) is 6.82. The minimum atomic E-state index is -1.20. The molecule has 128 valence electrons. The van der Waals surface area contributed by atoms with E-state index in [0.29, 0.717) is 9.37 Å². The number of aromatic nitrogens is 1. The first-order chi connectivity index (χ1) is 11.5. The van der Waals surface area contributed by atoms with Crippen LogP contribution in [0.4, 0.5) is 5.82 Å². The zero-order valence-electron chi connectivity index (χ0n) is 12.5. The number of hydrogen-bond donors (Lipinski definition) is 2. The Balaban J connectivity index is 2.35. The van der Waals surface area contributed by atoms with E-state index in [1.54, 1.807) is 6.07 Å². The van der Waals surface area contributed by atoms with Gasteiger partial charge in [0, 0.05) is 16.9 Å². The summed E-state index contributed by atoms with van der Waals surface area (Å²) in [7, 11) is 1.41. The molecule has 1 saturated heterocycles. The third kappa shape index (κ3) is 3.99. The molecular formula is C13H14BrN5O4S. The van der Waals surface area contributed by atoms with Crippen LogP contribution in [0, 0.1) is 6.57 Å². The van der Waals surface area contributed by atoms with Crippen LogP contribution >= 0.6 is 27.7 Å². The number of hydrogen-bond acceptors (Lipinski definition) is 7. The van der Waals surface area contributed by atoms with Crippen LogP contribution in [-0.2, 0) is 9.47 Å². The standard InChI is InChI=1S/C13H14BrN5O4S/c1-16-12-8(3-6(14)4-17-12)24-13-11(22-2)9(18-19-15)10(21)7(5-20)23-13/h3-4,7,9-11,13,20-21H,5H2,2H3/t7?,9-,10-,11?,13+/m0/s1. The summed E-state index contributed by atoms with van der Waals surface area (Å²) < 4.78 is 11.7. The van der Waals surface area contributed by atoms with E-state index < -0.39 is 36.4 Å². The predicted molar refractivity (Wildman–Crippen MR) is 89.5 cm³/mol. The number of methoxy groups -OCH3 is 1. The molecule has 0 aliphatic carbocycles. The quantitative estimate of drug-likeness (QED) is 0.328. The van der Waals surface area contributed by atoms with E-state index in [4.69, 9.17) is 21.6 Å². The number of rotatable bonds is 5. The molecular weight excluding hydrogens is 402 g/mol. The van der Waals surface area contributed by atoms with Gasteiger partial charge in [0.25, 0.3) is 5.82 Å². The van der Waals surface area contributed by atoms with E-state index in [9.17, 15) is 10.2 Å². The van der Waals surface area contributed by atoms with Crippen molar-refractivity contribution in [3.05, 3.63) is 38.6 Å². The van der Waals surface area contributed by atoms with Crippen LogP contribution in [0.15, 0.2) is 26.7 Å². The average molecular weight is 416 g/mol. The van der Waals surface area contributed by atoms with Crippen LogP contribution in [0.1, 0.15) is 0 Å². The van der Waals surface area contributed by atoms with Gasteiger partial charge in [-0.1, -0.05) is 11.7 Å². The third-order valence-electron chi connectivity index (χ3n) is 3.43. The summed E-state index contributed by atoms with van der Waals surface area (Å²) in [4.78, 5) is 10.7. The molecule has 2 rings (SSSR count). The molecule has 1 aromatic heterocycles. The number of aliphatic hydroxyl groups excluding tert-OH is 2. The topological polar surface area (TPSA) is 125 Å². The Morgan fingerprint density at radius 3 is 2.96 bits per heavy atom. The number of aliphatic hydroxyl groups is 2. The predicted octanol–water partition coefficient (Wildman–Crippen LogP) is 2.26. The van der Waals surface area contributed by atoms with Crippen LogP contribution in [0.3, 0.4) is 0 Å². The lowest BCUT2D eigenvalue weighted by atomic mass is 9.98. The number of halogens is 1.